The Morgan fingerprint density at radius 1 is 1.20 bits per heavy atom. The third-order valence-corrected chi connectivity index (χ3v) is 4.88. The molecular formula is C15H11Br2ClN2. The van der Waals surface area contributed by atoms with E-state index >= 15 is 0 Å². The SMILES string of the molecule is Cc1c(Br)cccc1-n1c(CCl)nc2ccc(Br)cc21. The quantitative estimate of drug-likeness (QED) is 0.499. The molecular weight excluding hydrogens is 403 g/mol. The molecule has 0 amide bonds. The van der Waals surface area contributed by atoms with Crippen molar-refractivity contribution in [2.75, 3.05) is 0 Å². The first-order chi connectivity index (χ1) is 9.61. The molecule has 2 aromatic carbocycles. The first kappa shape index (κ1) is 14.1. The van der Waals surface area contributed by atoms with Crippen LogP contribution >= 0.6 is 43.5 Å². The number of nitrogens with zero attached hydrogens (tertiary/aromatic N) is 2. The van der Waals surface area contributed by atoms with E-state index in [0.29, 0.717) is 5.88 Å². The van der Waals surface area contributed by atoms with E-state index in [4.69, 9.17) is 11.6 Å². The lowest BCUT2D eigenvalue weighted by Crippen LogP contribution is -2.01. The van der Waals surface area contributed by atoms with Gasteiger partial charge in [-0.2, -0.15) is 0 Å². The van der Waals surface area contributed by atoms with Gasteiger partial charge in [-0.1, -0.05) is 37.9 Å². The van der Waals surface area contributed by atoms with Gasteiger partial charge < -0.3 is 0 Å². The fourth-order valence-corrected chi connectivity index (χ4v) is 3.18. The Balaban J connectivity index is 2.39. The summed E-state index contributed by atoms with van der Waals surface area (Å²) in [5, 5.41) is 0. The first-order valence-corrected chi connectivity index (χ1v) is 8.22. The maximum absolute atomic E-state index is 6.08. The third-order valence-electron chi connectivity index (χ3n) is 3.29. The summed E-state index contributed by atoms with van der Waals surface area (Å²) in [5.74, 6) is 1.22. The van der Waals surface area contributed by atoms with E-state index in [0.717, 1.165) is 37.1 Å². The topological polar surface area (TPSA) is 17.8 Å². The summed E-state index contributed by atoms with van der Waals surface area (Å²) < 4.78 is 4.22. The van der Waals surface area contributed by atoms with Crippen molar-refractivity contribution in [3.63, 3.8) is 0 Å². The van der Waals surface area contributed by atoms with Gasteiger partial charge in [0.05, 0.1) is 22.6 Å². The summed E-state index contributed by atoms with van der Waals surface area (Å²) in [6.07, 6.45) is 0. The second-order valence-electron chi connectivity index (χ2n) is 4.51. The molecule has 1 heterocycles. The largest absolute Gasteiger partial charge is 0.295 e. The average molecular weight is 415 g/mol. The summed E-state index contributed by atoms with van der Waals surface area (Å²) in [4.78, 5) is 4.61. The van der Waals surface area contributed by atoms with E-state index < -0.39 is 0 Å². The molecule has 2 nitrogen and oxygen atoms in total. The van der Waals surface area contributed by atoms with Crippen LogP contribution in [0.1, 0.15) is 11.4 Å². The van der Waals surface area contributed by atoms with Crippen molar-refractivity contribution in [3.8, 4) is 5.69 Å². The van der Waals surface area contributed by atoms with Crippen LogP contribution in [0.5, 0.6) is 0 Å². The summed E-state index contributed by atoms with van der Waals surface area (Å²) in [7, 11) is 0. The maximum Gasteiger partial charge on any atom is 0.129 e. The van der Waals surface area contributed by atoms with Crippen molar-refractivity contribution in [2.45, 2.75) is 12.8 Å². The monoisotopic (exact) mass is 412 g/mol. The normalized spacial score (nSPS) is 11.2. The molecule has 1 aromatic heterocycles. The zero-order valence-electron chi connectivity index (χ0n) is 10.7. The lowest BCUT2D eigenvalue weighted by atomic mass is 10.2. The van der Waals surface area contributed by atoms with Crippen LogP contribution in [0.25, 0.3) is 16.7 Å². The molecule has 0 aliphatic heterocycles. The number of imidazole rings is 1. The molecule has 0 N–H and O–H groups in total. The zero-order valence-corrected chi connectivity index (χ0v) is 14.6. The first-order valence-electron chi connectivity index (χ1n) is 6.10. The van der Waals surface area contributed by atoms with Gasteiger partial charge in [-0.25, -0.2) is 4.98 Å². The van der Waals surface area contributed by atoms with E-state index in [9.17, 15) is 0 Å². The van der Waals surface area contributed by atoms with Crippen molar-refractivity contribution in [1.82, 2.24) is 9.55 Å². The zero-order chi connectivity index (χ0) is 14.3. The standard InChI is InChI=1S/C15H11Br2ClN2/c1-9-11(17)3-2-4-13(9)20-14-7-10(16)5-6-12(14)19-15(20)8-18/h2-7H,8H2,1H3. The highest BCUT2D eigenvalue weighted by Gasteiger charge is 2.14. The predicted molar refractivity (Wildman–Crippen MR) is 90.8 cm³/mol. The minimum absolute atomic E-state index is 0.373. The Bertz CT molecular complexity index is 796. The Morgan fingerprint density at radius 2 is 2.00 bits per heavy atom. The van der Waals surface area contributed by atoms with Gasteiger partial charge in [0, 0.05) is 8.95 Å². The van der Waals surface area contributed by atoms with Crippen LogP contribution in [-0.2, 0) is 5.88 Å². The molecule has 0 unspecified atom stereocenters. The van der Waals surface area contributed by atoms with Crippen LogP contribution in [0, 0.1) is 6.92 Å². The second-order valence-corrected chi connectivity index (χ2v) is 6.55. The third kappa shape index (κ3) is 2.30. The molecule has 3 aromatic rings. The summed E-state index contributed by atoms with van der Waals surface area (Å²) in [5.41, 5.74) is 4.26. The molecule has 0 radical (unpaired) electrons. The average Bonchev–Trinajstić information content (AvgIpc) is 2.79. The number of halogens is 3. The molecule has 0 atom stereocenters. The molecule has 0 aliphatic rings. The highest BCUT2D eigenvalue weighted by molar-refractivity contribution is 9.10. The molecule has 3 rings (SSSR count). The van der Waals surface area contributed by atoms with E-state index in [1.807, 2.05) is 24.3 Å². The summed E-state index contributed by atoms with van der Waals surface area (Å²) >= 11 is 13.2. The van der Waals surface area contributed by atoms with Gasteiger partial charge in [0.15, 0.2) is 0 Å². The predicted octanol–water partition coefficient (Wildman–Crippen LogP) is 5.60. The van der Waals surface area contributed by atoms with Crippen LogP contribution < -0.4 is 0 Å². The highest BCUT2D eigenvalue weighted by atomic mass is 79.9. The van der Waals surface area contributed by atoms with E-state index in [-0.39, 0.29) is 0 Å². The Labute approximate surface area is 139 Å². The molecule has 5 heteroatoms. The van der Waals surface area contributed by atoms with Crippen molar-refractivity contribution in [3.05, 3.63) is 56.7 Å². The van der Waals surface area contributed by atoms with Crippen molar-refractivity contribution >= 4 is 54.5 Å². The van der Waals surface area contributed by atoms with Gasteiger partial charge in [-0.05, 0) is 42.8 Å². The van der Waals surface area contributed by atoms with Crippen molar-refractivity contribution < 1.29 is 0 Å². The lowest BCUT2D eigenvalue weighted by molar-refractivity contribution is 0.970. The number of alkyl halides is 1. The van der Waals surface area contributed by atoms with E-state index in [1.165, 1.54) is 0 Å². The molecule has 0 saturated heterocycles. The number of rotatable bonds is 2. The second kappa shape index (κ2) is 5.51. The molecule has 20 heavy (non-hydrogen) atoms. The minimum atomic E-state index is 0.373. The number of benzene rings is 2. The maximum atomic E-state index is 6.08. The van der Waals surface area contributed by atoms with Crippen LogP contribution in [0.2, 0.25) is 0 Å². The number of fused-ring (bicyclic) bond motifs is 1. The molecule has 0 fully saturated rings. The smallest absolute Gasteiger partial charge is 0.129 e. The number of hydrogen-bond donors (Lipinski definition) is 0. The Kier molecular flexibility index (Phi) is 3.89. The van der Waals surface area contributed by atoms with Crippen LogP contribution in [-0.4, -0.2) is 9.55 Å². The van der Waals surface area contributed by atoms with E-state index in [2.05, 4.69) is 60.5 Å². The molecule has 0 saturated carbocycles. The summed E-state index contributed by atoms with van der Waals surface area (Å²) in [6.45, 7) is 2.08. The number of aromatic nitrogens is 2. The fourth-order valence-electron chi connectivity index (χ4n) is 2.30. The van der Waals surface area contributed by atoms with Crippen molar-refractivity contribution in [1.29, 1.82) is 0 Å². The van der Waals surface area contributed by atoms with Crippen LogP contribution in [0.3, 0.4) is 0 Å². The van der Waals surface area contributed by atoms with Crippen LogP contribution in [0.15, 0.2) is 45.3 Å². The Morgan fingerprint density at radius 3 is 2.75 bits per heavy atom. The highest BCUT2D eigenvalue weighted by Crippen LogP contribution is 2.29. The molecule has 0 spiro atoms. The molecule has 0 aliphatic carbocycles. The number of hydrogen-bond acceptors (Lipinski definition) is 1. The van der Waals surface area contributed by atoms with E-state index in [1.54, 1.807) is 0 Å². The van der Waals surface area contributed by atoms with Gasteiger partial charge in [-0.3, -0.25) is 4.57 Å². The lowest BCUT2D eigenvalue weighted by Gasteiger charge is -2.12. The fraction of sp³-hybridized carbons (Fsp3) is 0.133. The summed E-state index contributed by atoms with van der Waals surface area (Å²) in [6, 6.07) is 12.2. The van der Waals surface area contributed by atoms with Gasteiger partial charge in [0.2, 0.25) is 0 Å². The minimum Gasteiger partial charge on any atom is -0.295 e. The van der Waals surface area contributed by atoms with Gasteiger partial charge in [-0.15, -0.1) is 11.6 Å². The van der Waals surface area contributed by atoms with Crippen molar-refractivity contribution in [2.24, 2.45) is 0 Å². The Hall–Kier alpha value is -0.840. The van der Waals surface area contributed by atoms with Gasteiger partial charge >= 0.3 is 0 Å². The van der Waals surface area contributed by atoms with Gasteiger partial charge in [0.1, 0.15) is 5.82 Å². The molecule has 102 valence electrons. The van der Waals surface area contributed by atoms with Gasteiger partial charge in [0.25, 0.3) is 0 Å². The molecule has 0 bridgehead atoms. The van der Waals surface area contributed by atoms with Crippen LogP contribution in [0.4, 0.5) is 0 Å².